The summed E-state index contributed by atoms with van der Waals surface area (Å²) in [6.07, 6.45) is 3.91. The Morgan fingerprint density at radius 1 is 1.59 bits per heavy atom. The van der Waals surface area contributed by atoms with Crippen molar-refractivity contribution in [2.75, 3.05) is 5.32 Å². The minimum absolute atomic E-state index is 0.488. The van der Waals surface area contributed by atoms with Crippen LogP contribution in [-0.2, 0) is 0 Å². The van der Waals surface area contributed by atoms with E-state index in [0.717, 1.165) is 17.3 Å². The third kappa shape index (κ3) is 1.74. The van der Waals surface area contributed by atoms with Gasteiger partial charge < -0.3 is 5.32 Å². The topological polar surface area (TPSA) is 55.1 Å². The molecule has 6 heteroatoms. The Hall–Kier alpha value is -1.36. The summed E-state index contributed by atoms with van der Waals surface area (Å²) in [5.41, 5.74) is 0.923. The molecule has 17 heavy (non-hydrogen) atoms. The smallest absolute Gasteiger partial charge is 0.255 e. The highest BCUT2D eigenvalue weighted by Crippen LogP contribution is 2.37. The third-order valence-corrected chi connectivity index (χ3v) is 3.74. The number of aromatic nitrogens is 4. The maximum Gasteiger partial charge on any atom is 0.255 e. The molecule has 2 heterocycles. The molecule has 0 spiro atoms. The van der Waals surface area contributed by atoms with Crippen LogP contribution in [0.25, 0.3) is 5.78 Å². The highest BCUT2D eigenvalue weighted by Gasteiger charge is 2.36. The zero-order valence-corrected chi connectivity index (χ0v) is 10.6. The van der Waals surface area contributed by atoms with Gasteiger partial charge in [-0.1, -0.05) is 24.9 Å². The monoisotopic (exact) mass is 251 g/mol. The van der Waals surface area contributed by atoms with Gasteiger partial charge in [-0.3, -0.25) is 0 Å². The van der Waals surface area contributed by atoms with Crippen molar-refractivity contribution in [1.82, 2.24) is 19.6 Å². The Morgan fingerprint density at radius 2 is 2.41 bits per heavy atom. The van der Waals surface area contributed by atoms with Crippen molar-refractivity contribution in [3.8, 4) is 0 Å². The Bertz CT molecular complexity index is 564. The number of anilines is 1. The highest BCUT2D eigenvalue weighted by atomic mass is 35.5. The van der Waals surface area contributed by atoms with Gasteiger partial charge in [0.25, 0.3) is 5.78 Å². The van der Waals surface area contributed by atoms with Crippen molar-refractivity contribution in [3.05, 3.63) is 17.0 Å². The summed E-state index contributed by atoms with van der Waals surface area (Å²) in [5, 5.41) is 8.15. The lowest BCUT2D eigenvalue weighted by molar-refractivity contribution is 0.769. The van der Waals surface area contributed by atoms with Crippen molar-refractivity contribution in [2.24, 2.45) is 5.92 Å². The molecule has 1 N–H and O–H groups in total. The third-order valence-electron chi connectivity index (χ3n) is 3.37. The second kappa shape index (κ2) is 3.84. The fourth-order valence-corrected chi connectivity index (χ4v) is 2.28. The fourth-order valence-electron chi connectivity index (χ4n) is 2.12. The average Bonchev–Trinajstić information content (AvgIpc) is 2.92. The van der Waals surface area contributed by atoms with Crippen molar-refractivity contribution < 1.29 is 0 Å². The van der Waals surface area contributed by atoms with Crippen molar-refractivity contribution in [1.29, 1.82) is 0 Å². The lowest BCUT2D eigenvalue weighted by atomic mass is 10.3. The number of halogens is 1. The number of hydrogen-bond acceptors (Lipinski definition) is 4. The maximum atomic E-state index is 6.09. The number of fused-ring (bicyclic) bond motifs is 1. The SMILES string of the molecule is CCC1CC1Nc1c(C)c(Cl)nc2ncnn12. The van der Waals surface area contributed by atoms with Crippen LogP contribution in [0.5, 0.6) is 0 Å². The molecule has 3 rings (SSSR count). The molecule has 2 unspecified atom stereocenters. The second-order valence-electron chi connectivity index (χ2n) is 4.50. The molecule has 2 atom stereocenters. The van der Waals surface area contributed by atoms with Gasteiger partial charge in [-0.2, -0.15) is 19.6 Å². The van der Waals surface area contributed by atoms with Gasteiger partial charge in [-0.05, 0) is 19.3 Å². The summed E-state index contributed by atoms with van der Waals surface area (Å²) < 4.78 is 1.71. The second-order valence-corrected chi connectivity index (χ2v) is 4.86. The molecule has 2 aromatic heterocycles. The van der Waals surface area contributed by atoms with Crippen LogP contribution in [0.4, 0.5) is 5.82 Å². The predicted octanol–water partition coefficient (Wildman–Crippen LogP) is 2.30. The van der Waals surface area contributed by atoms with E-state index in [-0.39, 0.29) is 0 Å². The van der Waals surface area contributed by atoms with Gasteiger partial charge >= 0.3 is 0 Å². The molecule has 2 aromatic rings. The molecule has 0 amide bonds. The molecule has 5 nitrogen and oxygen atoms in total. The Balaban J connectivity index is 2.01. The summed E-state index contributed by atoms with van der Waals surface area (Å²) in [4.78, 5) is 8.24. The van der Waals surface area contributed by atoms with Crippen LogP contribution in [0, 0.1) is 12.8 Å². The van der Waals surface area contributed by atoms with E-state index in [1.807, 2.05) is 6.92 Å². The molecule has 1 aliphatic rings. The van der Waals surface area contributed by atoms with Gasteiger partial charge in [0.1, 0.15) is 17.3 Å². The molecule has 0 aromatic carbocycles. The van der Waals surface area contributed by atoms with E-state index < -0.39 is 0 Å². The predicted molar refractivity (Wildman–Crippen MR) is 66.3 cm³/mol. The van der Waals surface area contributed by atoms with Gasteiger partial charge in [0, 0.05) is 11.6 Å². The van der Waals surface area contributed by atoms with Crippen molar-refractivity contribution in [3.63, 3.8) is 0 Å². The highest BCUT2D eigenvalue weighted by molar-refractivity contribution is 6.30. The molecule has 0 saturated heterocycles. The van der Waals surface area contributed by atoms with E-state index >= 15 is 0 Å². The van der Waals surface area contributed by atoms with Gasteiger partial charge in [-0.25, -0.2) is 0 Å². The van der Waals surface area contributed by atoms with E-state index in [0.29, 0.717) is 17.0 Å². The summed E-state index contributed by atoms with van der Waals surface area (Å²) in [7, 11) is 0. The summed E-state index contributed by atoms with van der Waals surface area (Å²) >= 11 is 6.09. The first-order chi connectivity index (χ1) is 8.20. The number of nitrogens with one attached hydrogen (secondary N) is 1. The fraction of sp³-hybridized carbons (Fsp3) is 0.545. The summed E-state index contributed by atoms with van der Waals surface area (Å²) in [6, 6.07) is 0.532. The van der Waals surface area contributed by atoms with Gasteiger partial charge in [0.2, 0.25) is 0 Å². The van der Waals surface area contributed by atoms with Gasteiger partial charge in [0.05, 0.1) is 0 Å². The Kier molecular flexibility index (Phi) is 2.43. The number of nitrogens with zero attached hydrogens (tertiary/aromatic N) is 4. The standard InChI is InChI=1S/C11H14ClN5/c1-3-7-4-8(7)15-10-6(2)9(12)16-11-13-5-14-17(10)11/h5,7-8,15H,3-4H2,1-2H3. The molecule has 1 fully saturated rings. The lowest BCUT2D eigenvalue weighted by Gasteiger charge is -2.11. The first-order valence-corrected chi connectivity index (χ1v) is 6.21. The largest absolute Gasteiger partial charge is 0.367 e. The minimum atomic E-state index is 0.488. The van der Waals surface area contributed by atoms with E-state index in [2.05, 4.69) is 27.3 Å². The van der Waals surface area contributed by atoms with Crippen molar-refractivity contribution >= 4 is 23.2 Å². The van der Waals surface area contributed by atoms with Crippen LogP contribution >= 0.6 is 11.6 Å². The maximum absolute atomic E-state index is 6.09. The minimum Gasteiger partial charge on any atom is -0.367 e. The molecular formula is C11H14ClN5. The zero-order valence-electron chi connectivity index (χ0n) is 9.81. The number of rotatable bonds is 3. The van der Waals surface area contributed by atoms with Crippen LogP contribution in [-0.4, -0.2) is 25.6 Å². The summed E-state index contributed by atoms with van der Waals surface area (Å²) in [5.74, 6) is 2.22. The molecule has 0 aliphatic heterocycles. The van der Waals surface area contributed by atoms with Gasteiger partial charge in [0.15, 0.2) is 0 Å². The molecule has 90 valence electrons. The number of hydrogen-bond donors (Lipinski definition) is 1. The normalized spacial score (nSPS) is 23.0. The van der Waals surface area contributed by atoms with Crippen LogP contribution in [0.15, 0.2) is 6.33 Å². The van der Waals surface area contributed by atoms with Crippen LogP contribution in [0.2, 0.25) is 5.15 Å². The quantitative estimate of drug-likeness (QED) is 0.851. The first kappa shape index (κ1) is 10.8. The van der Waals surface area contributed by atoms with E-state index in [1.165, 1.54) is 19.2 Å². The van der Waals surface area contributed by atoms with Crippen molar-refractivity contribution in [2.45, 2.75) is 32.7 Å². The summed E-state index contributed by atoms with van der Waals surface area (Å²) in [6.45, 7) is 4.16. The van der Waals surface area contributed by atoms with Gasteiger partial charge in [-0.15, -0.1) is 0 Å². The van der Waals surface area contributed by atoms with E-state index in [1.54, 1.807) is 4.52 Å². The molecular weight excluding hydrogens is 238 g/mol. The van der Waals surface area contributed by atoms with E-state index in [9.17, 15) is 0 Å². The molecule has 1 saturated carbocycles. The average molecular weight is 252 g/mol. The Morgan fingerprint density at radius 3 is 3.12 bits per heavy atom. The Labute approximate surface area is 104 Å². The molecule has 1 aliphatic carbocycles. The van der Waals surface area contributed by atoms with Crippen LogP contribution in [0.3, 0.4) is 0 Å². The lowest BCUT2D eigenvalue weighted by Crippen LogP contribution is -2.12. The zero-order chi connectivity index (χ0) is 12.0. The van der Waals surface area contributed by atoms with Crippen LogP contribution in [0.1, 0.15) is 25.3 Å². The van der Waals surface area contributed by atoms with E-state index in [4.69, 9.17) is 11.6 Å². The molecule has 0 radical (unpaired) electrons. The molecule has 0 bridgehead atoms. The van der Waals surface area contributed by atoms with Crippen LogP contribution < -0.4 is 5.32 Å². The first-order valence-electron chi connectivity index (χ1n) is 5.83.